The van der Waals surface area contributed by atoms with E-state index < -0.39 is 0 Å². The van der Waals surface area contributed by atoms with Crippen LogP contribution in [0, 0.1) is 0 Å². The van der Waals surface area contributed by atoms with Crippen LogP contribution >= 0.6 is 0 Å². The minimum absolute atomic E-state index is 0. The van der Waals surface area contributed by atoms with Crippen molar-refractivity contribution >= 4 is 11.2 Å². The molecule has 5 nitrogen and oxygen atoms in total. The van der Waals surface area contributed by atoms with Crippen molar-refractivity contribution < 1.29 is 29.6 Å². The largest absolute Gasteiger partial charge is 1.00 e. The average molecular weight is 158 g/mol. The van der Waals surface area contributed by atoms with Crippen molar-refractivity contribution in [2.75, 3.05) is 0 Å². The van der Waals surface area contributed by atoms with E-state index >= 15 is 0 Å². The Kier molecular flexibility index (Phi) is 2.43. The van der Waals surface area contributed by atoms with Crippen LogP contribution in [0.1, 0.15) is 0 Å². The number of hydrogen-bond donors (Lipinski definition) is 1. The number of H-pyrrole nitrogens is 1. The molecule has 0 saturated heterocycles. The molecule has 0 aromatic carbocycles. The van der Waals surface area contributed by atoms with Gasteiger partial charge in [-0.25, -0.2) is 4.98 Å². The molecule has 1 N–H and O–H groups in total. The molecule has 0 radical (unpaired) electrons. The van der Waals surface area contributed by atoms with E-state index in [1.165, 1.54) is 12.7 Å². The van der Waals surface area contributed by atoms with Crippen LogP contribution in [-0.2, 0) is 0 Å². The molecule has 2 rings (SSSR count). The smallest absolute Gasteiger partial charge is 0.437 e. The standard InChI is InChI=1S/C5H4N4O.Na/c10-5-3-4(7-1-6-3)8-2-9-5;/h1-2H,(H2,6,7,8,9,10);/q;+1/p-1. The fraction of sp³-hybridized carbons (Fsp3) is 0. The fourth-order valence-electron chi connectivity index (χ4n) is 0.735. The number of aromatic nitrogens is 4. The molecule has 2 heterocycles. The first-order valence-corrected chi connectivity index (χ1v) is 2.69. The van der Waals surface area contributed by atoms with E-state index in [4.69, 9.17) is 0 Å². The van der Waals surface area contributed by atoms with E-state index in [0.717, 1.165) is 0 Å². The third-order valence-corrected chi connectivity index (χ3v) is 1.18. The molecule has 50 valence electrons. The summed E-state index contributed by atoms with van der Waals surface area (Å²) < 4.78 is 0. The number of fused-ring (bicyclic) bond motifs is 1. The number of nitrogens with one attached hydrogen (secondary N) is 1. The molecule has 0 bridgehead atoms. The monoisotopic (exact) mass is 158 g/mol. The first kappa shape index (κ1) is 8.45. The van der Waals surface area contributed by atoms with Crippen molar-refractivity contribution in [3.63, 3.8) is 0 Å². The Balaban J connectivity index is 0.000000605. The summed E-state index contributed by atoms with van der Waals surface area (Å²) in [6.45, 7) is 0. The second-order valence-electron chi connectivity index (χ2n) is 1.78. The summed E-state index contributed by atoms with van der Waals surface area (Å²) in [6.07, 6.45) is 2.62. The van der Waals surface area contributed by atoms with Crippen LogP contribution in [0.4, 0.5) is 0 Å². The van der Waals surface area contributed by atoms with Gasteiger partial charge in [-0.2, -0.15) is 0 Å². The molecule has 0 aliphatic heterocycles. The number of imidazole rings is 1. The van der Waals surface area contributed by atoms with Crippen LogP contribution in [-0.4, -0.2) is 15.0 Å². The molecule has 0 atom stereocenters. The Labute approximate surface area is 83.6 Å². The third-order valence-electron chi connectivity index (χ3n) is 1.18. The van der Waals surface area contributed by atoms with E-state index in [2.05, 4.69) is 19.9 Å². The second-order valence-corrected chi connectivity index (χ2v) is 1.78. The molecule has 2 aromatic rings. The predicted molar refractivity (Wildman–Crippen MR) is 33.5 cm³/mol. The van der Waals surface area contributed by atoms with E-state index in [0.29, 0.717) is 11.2 Å². The molecule has 0 aliphatic rings. The van der Waals surface area contributed by atoms with Gasteiger partial charge in [0.25, 0.3) is 5.56 Å². The maximum absolute atomic E-state index is 10.8. The summed E-state index contributed by atoms with van der Waals surface area (Å²) >= 11 is 0. The van der Waals surface area contributed by atoms with Gasteiger partial charge in [0, 0.05) is 5.52 Å². The van der Waals surface area contributed by atoms with Crippen molar-refractivity contribution in [2.45, 2.75) is 0 Å². The van der Waals surface area contributed by atoms with Crippen LogP contribution in [0.15, 0.2) is 17.4 Å². The van der Waals surface area contributed by atoms with Crippen LogP contribution in [0.25, 0.3) is 11.2 Å². The Morgan fingerprint density at radius 3 is 3.00 bits per heavy atom. The molecular formula is C5H3N4NaO. The maximum atomic E-state index is 10.8. The zero-order chi connectivity index (χ0) is 6.97. The quantitative estimate of drug-likeness (QED) is 0.400. The Bertz CT molecular complexity index is 406. The van der Waals surface area contributed by atoms with Gasteiger partial charge in [0.05, 0.1) is 12.0 Å². The number of nitrogens with zero attached hydrogens (tertiary/aromatic N) is 3. The Morgan fingerprint density at radius 1 is 1.45 bits per heavy atom. The fourth-order valence-corrected chi connectivity index (χ4v) is 0.735. The first-order chi connectivity index (χ1) is 4.88. The van der Waals surface area contributed by atoms with E-state index in [1.54, 1.807) is 0 Å². The van der Waals surface area contributed by atoms with Crippen molar-refractivity contribution in [2.24, 2.45) is 0 Å². The minimum atomic E-state index is -0.248. The summed E-state index contributed by atoms with van der Waals surface area (Å²) in [5, 5.41) is 0. The Morgan fingerprint density at radius 2 is 2.27 bits per heavy atom. The number of rotatable bonds is 0. The number of aromatic amines is 1. The molecule has 11 heavy (non-hydrogen) atoms. The van der Waals surface area contributed by atoms with Gasteiger partial charge in [-0.05, 0) is 0 Å². The van der Waals surface area contributed by atoms with Gasteiger partial charge in [0.15, 0.2) is 0 Å². The summed E-state index contributed by atoms with van der Waals surface area (Å²) in [5.41, 5.74) is 0.439. The summed E-state index contributed by atoms with van der Waals surface area (Å²) in [7, 11) is 0. The minimum Gasteiger partial charge on any atom is -0.437 e. The molecule has 6 heteroatoms. The van der Waals surface area contributed by atoms with Gasteiger partial charge in [-0.15, -0.1) is 0 Å². The number of hydrogen-bond acceptors (Lipinski definition) is 3. The zero-order valence-electron chi connectivity index (χ0n) is 5.90. The zero-order valence-corrected chi connectivity index (χ0v) is 7.90. The van der Waals surface area contributed by atoms with Gasteiger partial charge in [-0.1, -0.05) is 6.33 Å². The summed E-state index contributed by atoms with van der Waals surface area (Å²) in [6, 6.07) is 0. The SMILES string of the molecule is O=c1[nH]cnc2nc[n-]c12.[Na+]. The molecule has 2 aromatic heterocycles. The van der Waals surface area contributed by atoms with Crippen molar-refractivity contribution in [1.82, 2.24) is 19.9 Å². The third kappa shape index (κ3) is 1.35. The normalized spacial score (nSPS) is 9.45. The van der Waals surface area contributed by atoms with Gasteiger partial charge in [0.2, 0.25) is 0 Å². The van der Waals surface area contributed by atoms with Crippen LogP contribution in [0.3, 0.4) is 0 Å². The van der Waals surface area contributed by atoms with Crippen molar-refractivity contribution in [3.8, 4) is 0 Å². The van der Waals surface area contributed by atoms with Gasteiger partial charge in [0.1, 0.15) is 0 Å². The van der Waals surface area contributed by atoms with Crippen molar-refractivity contribution in [1.29, 1.82) is 0 Å². The average Bonchev–Trinajstić information content (AvgIpc) is 2.36. The molecule has 0 unspecified atom stereocenters. The van der Waals surface area contributed by atoms with E-state index in [9.17, 15) is 4.79 Å². The van der Waals surface area contributed by atoms with Crippen LogP contribution < -0.4 is 40.1 Å². The van der Waals surface area contributed by atoms with Crippen molar-refractivity contribution in [3.05, 3.63) is 23.0 Å². The predicted octanol–water partition coefficient (Wildman–Crippen LogP) is -3.72. The molecular weight excluding hydrogens is 155 g/mol. The Hall–Kier alpha value is -0.650. The van der Waals surface area contributed by atoms with E-state index in [1.807, 2.05) is 0 Å². The summed E-state index contributed by atoms with van der Waals surface area (Å²) in [4.78, 5) is 24.4. The molecule has 0 saturated carbocycles. The van der Waals surface area contributed by atoms with Gasteiger partial charge >= 0.3 is 29.6 Å². The molecule has 0 amide bonds. The summed E-state index contributed by atoms with van der Waals surface area (Å²) in [5.74, 6) is 0. The van der Waals surface area contributed by atoms with Crippen LogP contribution in [0.2, 0.25) is 0 Å². The second kappa shape index (κ2) is 3.17. The topological polar surface area (TPSA) is 72.7 Å². The molecule has 0 fully saturated rings. The maximum Gasteiger partial charge on any atom is 1.00 e. The first-order valence-electron chi connectivity index (χ1n) is 2.69. The molecule has 0 aliphatic carbocycles. The van der Waals surface area contributed by atoms with Gasteiger partial charge < -0.3 is 15.0 Å². The van der Waals surface area contributed by atoms with Gasteiger partial charge in [-0.3, -0.25) is 4.79 Å². The van der Waals surface area contributed by atoms with Crippen LogP contribution in [0.5, 0.6) is 0 Å². The van der Waals surface area contributed by atoms with E-state index in [-0.39, 0.29) is 35.1 Å². The molecule has 0 spiro atoms.